The van der Waals surface area contributed by atoms with Crippen LogP contribution in [-0.2, 0) is 12.8 Å². The highest BCUT2D eigenvalue weighted by Gasteiger charge is 2.21. The van der Waals surface area contributed by atoms with Crippen LogP contribution in [0.25, 0.3) is 17.1 Å². The lowest BCUT2D eigenvalue weighted by atomic mass is 10.1. The molecule has 0 radical (unpaired) electrons. The first-order valence-electron chi connectivity index (χ1n) is 10.1. The molecule has 0 spiro atoms. The summed E-state index contributed by atoms with van der Waals surface area (Å²) in [5.74, 6) is -1.37. The third kappa shape index (κ3) is 3.80. The highest BCUT2D eigenvalue weighted by Crippen LogP contribution is 2.23. The van der Waals surface area contributed by atoms with Gasteiger partial charge < -0.3 is 4.98 Å². The van der Waals surface area contributed by atoms with Crippen molar-refractivity contribution in [1.82, 2.24) is 19.5 Å². The van der Waals surface area contributed by atoms with Crippen molar-refractivity contribution in [1.29, 1.82) is 0 Å². The summed E-state index contributed by atoms with van der Waals surface area (Å²) in [5.41, 5.74) is 3.45. The molecule has 0 amide bonds. The number of nitrogens with one attached hydrogen (secondary N) is 1. The van der Waals surface area contributed by atoms with Gasteiger partial charge in [-0.3, -0.25) is 9.36 Å². The van der Waals surface area contributed by atoms with E-state index in [4.69, 9.17) is 0 Å². The number of hydrogen-bond acceptors (Lipinski definition) is 3. The molecular weight excluding hydrogens is 410 g/mol. The number of aromatic nitrogens is 4. The van der Waals surface area contributed by atoms with Crippen LogP contribution in [0.15, 0.2) is 83.8 Å². The number of hydrogen-bond donors (Lipinski definition) is 1. The van der Waals surface area contributed by atoms with E-state index < -0.39 is 11.9 Å². The Balaban J connectivity index is 1.65. The summed E-state index contributed by atoms with van der Waals surface area (Å²) >= 11 is 0. The fourth-order valence-electron chi connectivity index (χ4n) is 3.73. The quantitative estimate of drug-likeness (QED) is 0.419. The van der Waals surface area contributed by atoms with E-state index >= 15 is 0 Å². The van der Waals surface area contributed by atoms with Gasteiger partial charge in [0.1, 0.15) is 5.69 Å². The van der Waals surface area contributed by atoms with E-state index in [2.05, 4.69) is 15.0 Å². The normalized spacial score (nSPS) is 11.2. The molecule has 5 rings (SSSR count). The lowest BCUT2D eigenvalue weighted by Crippen LogP contribution is -2.18. The topological polar surface area (TPSA) is 63.6 Å². The molecule has 2 aliphatic heterocycles. The Kier molecular flexibility index (Phi) is 5.07. The van der Waals surface area contributed by atoms with Crippen molar-refractivity contribution in [2.45, 2.75) is 12.8 Å². The molecule has 3 heterocycles. The number of nitrogens with zero attached hydrogens (tertiary/aromatic N) is 3. The van der Waals surface area contributed by atoms with Gasteiger partial charge in [0.15, 0.2) is 5.82 Å². The van der Waals surface area contributed by atoms with Crippen LogP contribution in [0.1, 0.15) is 22.5 Å². The summed E-state index contributed by atoms with van der Waals surface area (Å²) in [5, 5.41) is 0. The summed E-state index contributed by atoms with van der Waals surface area (Å²) in [6, 6.07) is 21.9. The summed E-state index contributed by atoms with van der Waals surface area (Å²) < 4.78 is 28.7. The molecule has 7 heteroatoms. The maximum Gasteiger partial charge on any atom is 0.278 e. The van der Waals surface area contributed by atoms with Gasteiger partial charge in [-0.1, -0.05) is 60.7 Å². The number of halogens is 2. The Morgan fingerprint density at radius 2 is 1.56 bits per heavy atom. The molecule has 1 aromatic heterocycles. The van der Waals surface area contributed by atoms with Crippen LogP contribution in [0.2, 0.25) is 0 Å². The molecule has 2 aliphatic rings. The first kappa shape index (κ1) is 19.8. The van der Waals surface area contributed by atoms with Gasteiger partial charge in [-0.25, -0.2) is 4.98 Å². The van der Waals surface area contributed by atoms with Gasteiger partial charge in [0.2, 0.25) is 11.9 Å². The maximum atomic E-state index is 14.1. The van der Waals surface area contributed by atoms with Crippen LogP contribution in [0.3, 0.4) is 0 Å². The van der Waals surface area contributed by atoms with E-state index in [9.17, 15) is 13.6 Å². The predicted molar refractivity (Wildman–Crippen MR) is 117 cm³/mol. The molecule has 0 atom stereocenters. The Bertz CT molecular complexity index is 1410. The number of rotatable bonds is 5. The average molecular weight is 428 g/mol. The molecule has 0 bridgehead atoms. The Hall–Kier alpha value is -4.13. The average Bonchev–Trinajstić information content (AvgIpc) is 3.13. The van der Waals surface area contributed by atoms with Crippen LogP contribution in [0.5, 0.6) is 0 Å². The molecule has 0 fully saturated rings. The highest BCUT2D eigenvalue weighted by molar-refractivity contribution is 5.60. The first-order valence-corrected chi connectivity index (χ1v) is 10.1. The summed E-state index contributed by atoms with van der Waals surface area (Å²) in [6.07, 6.45) is 2.16. The fourth-order valence-corrected chi connectivity index (χ4v) is 3.73. The van der Waals surface area contributed by atoms with Crippen molar-refractivity contribution < 1.29 is 8.78 Å². The Morgan fingerprint density at radius 3 is 2.28 bits per heavy atom. The zero-order chi connectivity index (χ0) is 22.1. The SMILES string of the molecule is O=c1c(Cc2ccc(F)nc2F)nc2c(Cc3ccccc3)[nH]c(-c3ccccc3)cn1-2. The third-order valence-electron chi connectivity index (χ3n) is 5.31. The molecule has 2 aromatic carbocycles. The molecule has 32 heavy (non-hydrogen) atoms. The van der Waals surface area contributed by atoms with E-state index in [1.807, 2.05) is 60.7 Å². The number of fused-ring (bicyclic) bond motifs is 1. The van der Waals surface area contributed by atoms with Crippen LogP contribution in [0, 0.1) is 11.9 Å². The zero-order valence-electron chi connectivity index (χ0n) is 16.9. The van der Waals surface area contributed by atoms with E-state index in [-0.39, 0.29) is 23.2 Å². The summed E-state index contributed by atoms with van der Waals surface area (Å²) in [4.78, 5) is 24.3. The number of aromatic amines is 1. The van der Waals surface area contributed by atoms with Gasteiger partial charge in [-0.05, 0) is 23.3 Å². The van der Waals surface area contributed by atoms with Gasteiger partial charge in [-0.2, -0.15) is 13.8 Å². The Morgan fingerprint density at radius 1 is 0.844 bits per heavy atom. The second-order valence-electron chi connectivity index (χ2n) is 7.49. The van der Waals surface area contributed by atoms with Gasteiger partial charge in [0, 0.05) is 24.6 Å². The number of benzene rings is 2. The van der Waals surface area contributed by atoms with Crippen molar-refractivity contribution in [2.24, 2.45) is 0 Å². The Labute approximate surface area is 182 Å². The molecular formula is C25H18F2N4O. The minimum atomic E-state index is -0.942. The molecule has 5 nitrogen and oxygen atoms in total. The first-order chi connectivity index (χ1) is 15.6. The van der Waals surface area contributed by atoms with Crippen molar-refractivity contribution in [3.8, 4) is 17.1 Å². The van der Waals surface area contributed by atoms with Crippen LogP contribution in [-0.4, -0.2) is 19.5 Å². The van der Waals surface area contributed by atoms with Crippen LogP contribution >= 0.6 is 0 Å². The zero-order valence-corrected chi connectivity index (χ0v) is 16.9. The number of H-pyrrole nitrogens is 1. The molecule has 0 saturated heterocycles. The second kappa shape index (κ2) is 8.19. The lowest BCUT2D eigenvalue weighted by molar-refractivity contribution is 0.504. The second-order valence-corrected chi connectivity index (χ2v) is 7.49. The van der Waals surface area contributed by atoms with E-state index in [0.29, 0.717) is 12.2 Å². The number of imidazole rings is 1. The lowest BCUT2D eigenvalue weighted by Gasteiger charge is -2.13. The molecule has 0 saturated carbocycles. The smallest absolute Gasteiger partial charge is 0.278 e. The van der Waals surface area contributed by atoms with E-state index in [0.717, 1.165) is 28.6 Å². The fraction of sp³-hybridized carbons (Fsp3) is 0.0800. The minimum absolute atomic E-state index is 0.0783. The minimum Gasteiger partial charge on any atom is -0.354 e. The largest absolute Gasteiger partial charge is 0.354 e. The molecule has 3 aromatic rings. The highest BCUT2D eigenvalue weighted by atomic mass is 19.1. The van der Waals surface area contributed by atoms with Gasteiger partial charge >= 0.3 is 0 Å². The molecule has 158 valence electrons. The monoisotopic (exact) mass is 428 g/mol. The van der Waals surface area contributed by atoms with Crippen LogP contribution < -0.4 is 5.56 Å². The standard InChI is InChI=1S/C25H18F2N4O/c26-22-12-11-18(23(27)30-22)14-20-25(32)31-15-21(17-9-5-2-6-10-17)28-19(24(31)29-20)13-16-7-3-1-4-8-16/h1-12,15,28H,13-14H2. The van der Waals surface area contributed by atoms with Gasteiger partial charge in [-0.15, -0.1) is 0 Å². The van der Waals surface area contributed by atoms with Crippen LogP contribution in [0.4, 0.5) is 8.78 Å². The van der Waals surface area contributed by atoms with E-state index in [1.54, 1.807) is 6.20 Å². The van der Waals surface area contributed by atoms with Crippen molar-refractivity contribution in [2.75, 3.05) is 0 Å². The summed E-state index contributed by atoms with van der Waals surface area (Å²) in [6.45, 7) is 0. The predicted octanol–water partition coefficient (Wildman–Crippen LogP) is 4.52. The molecule has 1 N–H and O–H groups in total. The van der Waals surface area contributed by atoms with Crippen molar-refractivity contribution in [3.05, 3.63) is 124 Å². The summed E-state index contributed by atoms with van der Waals surface area (Å²) in [7, 11) is 0. The third-order valence-corrected chi connectivity index (χ3v) is 5.31. The van der Waals surface area contributed by atoms with Gasteiger partial charge in [0.05, 0.1) is 11.4 Å². The van der Waals surface area contributed by atoms with Gasteiger partial charge in [0.25, 0.3) is 5.56 Å². The number of pyridine rings is 1. The van der Waals surface area contributed by atoms with Crippen molar-refractivity contribution >= 4 is 0 Å². The molecule has 0 unspecified atom stereocenters. The maximum absolute atomic E-state index is 14.1. The van der Waals surface area contributed by atoms with Crippen molar-refractivity contribution in [3.63, 3.8) is 0 Å². The van der Waals surface area contributed by atoms with E-state index in [1.165, 1.54) is 10.6 Å². The molecule has 0 aliphatic carbocycles.